The first-order chi connectivity index (χ1) is 12.8. The van der Waals surface area contributed by atoms with Crippen LogP contribution < -0.4 is 0 Å². The molecular formula is C24H22N2. The van der Waals surface area contributed by atoms with Crippen LogP contribution in [-0.2, 0) is 6.54 Å². The Balaban J connectivity index is 1.77. The van der Waals surface area contributed by atoms with E-state index in [9.17, 15) is 0 Å². The molecule has 0 saturated heterocycles. The van der Waals surface area contributed by atoms with Crippen molar-refractivity contribution in [1.29, 1.82) is 0 Å². The summed E-state index contributed by atoms with van der Waals surface area (Å²) in [6, 6.07) is 29.9. The minimum Gasteiger partial charge on any atom is -0.330 e. The van der Waals surface area contributed by atoms with Gasteiger partial charge in [-0.3, -0.25) is 0 Å². The molecule has 1 aromatic heterocycles. The molecule has 1 heterocycles. The van der Waals surface area contributed by atoms with Crippen molar-refractivity contribution >= 4 is 0 Å². The highest BCUT2D eigenvalue weighted by molar-refractivity contribution is 5.39. The van der Waals surface area contributed by atoms with E-state index < -0.39 is 0 Å². The summed E-state index contributed by atoms with van der Waals surface area (Å²) < 4.78 is 2.26. The topological polar surface area (TPSA) is 17.8 Å². The van der Waals surface area contributed by atoms with Crippen molar-refractivity contribution in [3.05, 3.63) is 125 Å². The molecule has 0 fully saturated rings. The minimum absolute atomic E-state index is 0.122. The summed E-state index contributed by atoms with van der Waals surface area (Å²) in [5.74, 6) is 1.20. The molecule has 0 aliphatic heterocycles. The van der Waals surface area contributed by atoms with Crippen LogP contribution in [0.5, 0.6) is 0 Å². The lowest BCUT2D eigenvalue weighted by atomic mass is 9.90. The zero-order valence-electron chi connectivity index (χ0n) is 14.9. The Morgan fingerprint density at radius 1 is 0.808 bits per heavy atom. The van der Waals surface area contributed by atoms with Gasteiger partial charge in [0.25, 0.3) is 0 Å². The quantitative estimate of drug-likeness (QED) is 0.475. The van der Waals surface area contributed by atoms with E-state index in [1.165, 1.54) is 22.3 Å². The number of hydrogen-bond donors (Lipinski definition) is 0. The van der Waals surface area contributed by atoms with Gasteiger partial charge in [-0.15, -0.1) is 0 Å². The van der Waals surface area contributed by atoms with Gasteiger partial charge in [0.15, 0.2) is 0 Å². The molecule has 0 aliphatic carbocycles. The van der Waals surface area contributed by atoms with Crippen LogP contribution in [-0.4, -0.2) is 9.55 Å². The molecule has 4 aromatic rings. The van der Waals surface area contributed by atoms with Crippen molar-refractivity contribution in [2.75, 3.05) is 0 Å². The van der Waals surface area contributed by atoms with Gasteiger partial charge in [-0.25, -0.2) is 4.98 Å². The van der Waals surface area contributed by atoms with E-state index >= 15 is 0 Å². The number of imidazole rings is 1. The lowest BCUT2D eigenvalue weighted by Gasteiger charge is -2.20. The maximum Gasteiger partial charge on any atom is 0.120 e. The molecule has 0 N–H and O–H groups in total. The number of aromatic nitrogens is 2. The van der Waals surface area contributed by atoms with Crippen LogP contribution in [0, 0.1) is 6.92 Å². The number of nitrogens with zero attached hydrogens (tertiary/aromatic N) is 2. The van der Waals surface area contributed by atoms with Crippen LogP contribution in [0.2, 0.25) is 0 Å². The fourth-order valence-electron chi connectivity index (χ4n) is 3.50. The Labute approximate surface area is 154 Å². The summed E-state index contributed by atoms with van der Waals surface area (Å²) in [5.41, 5.74) is 5.10. The average Bonchev–Trinajstić information content (AvgIpc) is 3.11. The summed E-state index contributed by atoms with van der Waals surface area (Å²) in [6.45, 7) is 2.96. The van der Waals surface area contributed by atoms with Crippen LogP contribution in [0.1, 0.15) is 34.0 Å². The molecule has 0 radical (unpaired) electrons. The smallest absolute Gasteiger partial charge is 0.120 e. The summed E-state index contributed by atoms with van der Waals surface area (Å²) in [7, 11) is 0. The predicted octanol–water partition coefficient (Wildman–Crippen LogP) is 5.42. The minimum atomic E-state index is 0.122. The van der Waals surface area contributed by atoms with E-state index in [4.69, 9.17) is 4.98 Å². The zero-order valence-corrected chi connectivity index (χ0v) is 14.9. The number of rotatable bonds is 5. The van der Waals surface area contributed by atoms with Gasteiger partial charge in [0.1, 0.15) is 5.82 Å². The summed E-state index contributed by atoms with van der Waals surface area (Å²) in [4.78, 5) is 4.75. The summed E-state index contributed by atoms with van der Waals surface area (Å²) >= 11 is 0. The Morgan fingerprint density at radius 3 is 2.08 bits per heavy atom. The number of benzene rings is 3. The van der Waals surface area contributed by atoms with Gasteiger partial charge in [0, 0.05) is 18.9 Å². The molecule has 2 nitrogen and oxygen atoms in total. The van der Waals surface area contributed by atoms with Crippen molar-refractivity contribution in [3.8, 4) is 0 Å². The van der Waals surface area contributed by atoms with E-state index in [1.807, 2.05) is 6.20 Å². The van der Waals surface area contributed by atoms with Gasteiger partial charge in [0.05, 0.1) is 5.92 Å². The van der Waals surface area contributed by atoms with Gasteiger partial charge in [-0.2, -0.15) is 0 Å². The molecule has 0 bridgehead atoms. The predicted molar refractivity (Wildman–Crippen MR) is 106 cm³/mol. The first kappa shape index (κ1) is 16.3. The monoisotopic (exact) mass is 338 g/mol. The molecule has 26 heavy (non-hydrogen) atoms. The zero-order chi connectivity index (χ0) is 17.8. The second-order valence-corrected chi connectivity index (χ2v) is 6.66. The van der Waals surface area contributed by atoms with Crippen molar-refractivity contribution in [2.45, 2.75) is 19.4 Å². The molecule has 0 atom stereocenters. The molecule has 128 valence electrons. The van der Waals surface area contributed by atoms with Crippen molar-refractivity contribution in [1.82, 2.24) is 9.55 Å². The Morgan fingerprint density at radius 2 is 1.46 bits per heavy atom. The molecule has 0 amide bonds. The van der Waals surface area contributed by atoms with Gasteiger partial charge in [-0.1, -0.05) is 90.5 Å². The van der Waals surface area contributed by atoms with Crippen LogP contribution in [0.3, 0.4) is 0 Å². The van der Waals surface area contributed by atoms with Crippen molar-refractivity contribution < 1.29 is 0 Å². The normalized spacial score (nSPS) is 11.0. The second kappa shape index (κ2) is 7.40. The maximum atomic E-state index is 4.75. The molecule has 0 spiro atoms. The fraction of sp³-hybridized carbons (Fsp3) is 0.125. The summed E-state index contributed by atoms with van der Waals surface area (Å²) in [6.07, 6.45) is 3.99. The number of aryl methyl sites for hydroxylation is 1. The Bertz CT molecular complexity index is 932. The van der Waals surface area contributed by atoms with Crippen LogP contribution in [0.15, 0.2) is 97.3 Å². The standard InChI is InChI=1S/C24H22N2/c1-19-9-8-10-20(17-19)18-26-16-15-25-24(26)23(21-11-4-2-5-12-21)22-13-6-3-7-14-22/h2-17,23H,18H2,1H3. The van der Waals surface area contributed by atoms with Gasteiger partial charge < -0.3 is 4.57 Å². The molecule has 4 rings (SSSR count). The fourth-order valence-corrected chi connectivity index (χ4v) is 3.50. The van der Waals surface area contributed by atoms with E-state index in [0.717, 1.165) is 12.4 Å². The first-order valence-electron chi connectivity index (χ1n) is 8.98. The Kier molecular flexibility index (Phi) is 4.65. The lowest BCUT2D eigenvalue weighted by molar-refractivity contribution is 0.705. The maximum absolute atomic E-state index is 4.75. The molecule has 3 aromatic carbocycles. The van der Waals surface area contributed by atoms with Crippen LogP contribution in [0.25, 0.3) is 0 Å². The van der Waals surface area contributed by atoms with Crippen LogP contribution >= 0.6 is 0 Å². The number of hydrogen-bond acceptors (Lipinski definition) is 1. The lowest BCUT2D eigenvalue weighted by Crippen LogP contribution is -2.12. The highest BCUT2D eigenvalue weighted by atomic mass is 15.1. The highest BCUT2D eigenvalue weighted by Crippen LogP contribution is 2.31. The van der Waals surface area contributed by atoms with Crippen molar-refractivity contribution in [2.24, 2.45) is 0 Å². The molecule has 2 heteroatoms. The van der Waals surface area contributed by atoms with E-state index in [-0.39, 0.29) is 5.92 Å². The van der Waals surface area contributed by atoms with E-state index in [2.05, 4.69) is 103 Å². The third kappa shape index (κ3) is 3.45. The van der Waals surface area contributed by atoms with Gasteiger partial charge in [-0.05, 0) is 23.6 Å². The largest absolute Gasteiger partial charge is 0.330 e. The SMILES string of the molecule is Cc1cccc(Cn2ccnc2C(c2ccccc2)c2ccccc2)c1. The van der Waals surface area contributed by atoms with E-state index in [1.54, 1.807) is 0 Å². The van der Waals surface area contributed by atoms with E-state index in [0.29, 0.717) is 0 Å². The third-order valence-corrected chi connectivity index (χ3v) is 4.71. The summed E-state index contributed by atoms with van der Waals surface area (Å²) in [5, 5.41) is 0. The average molecular weight is 338 g/mol. The Hall–Kier alpha value is -3.13. The van der Waals surface area contributed by atoms with Crippen molar-refractivity contribution in [3.63, 3.8) is 0 Å². The molecule has 0 saturated carbocycles. The molecule has 0 aliphatic rings. The third-order valence-electron chi connectivity index (χ3n) is 4.71. The highest BCUT2D eigenvalue weighted by Gasteiger charge is 2.21. The molecular weight excluding hydrogens is 316 g/mol. The first-order valence-corrected chi connectivity index (χ1v) is 8.98. The second-order valence-electron chi connectivity index (χ2n) is 6.66. The molecule has 0 unspecified atom stereocenters. The van der Waals surface area contributed by atoms with Crippen LogP contribution in [0.4, 0.5) is 0 Å². The van der Waals surface area contributed by atoms with Gasteiger partial charge >= 0.3 is 0 Å². The van der Waals surface area contributed by atoms with Gasteiger partial charge in [0.2, 0.25) is 0 Å².